The van der Waals surface area contributed by atoms with Gasteiger partial charge in [-0.2, -0.15) is 0 Å². The smallest absolute Gasteiger partial charge is 0.329 e. The minimum atomic E-state index is -1.27. The Labute approximate surface area is 133 Å². The van der Waals surface area contributed by atoms with Crippen molar-refractivity contribution in [3.05, 3.63) is 39.4 Å². The molecule has 0 spiro atoms. The number of carboxylic acid groups (broad SMARTS) is 1. The van der Waals surface area contributed by atoms with Crippen LogP contribution in [0.2, 0.25) is 0 Å². The Balaban J connectivity index is 2.27. The molecule has 0 atom stereocenters. The normalized spacial score (nSPS) is 16.6. The van der Waals surface area contributed by atoms with E-state index in [0.717, 1.165) is 19.3 Å². The van der Waals surface area contributed by atoms with Crippen molar-refractivity contribution in [3.63, 3.8) is 0 Å². The first-order chi connectivity index (χ1) is 10.9. The number of nitro benzene ring substituents is 1. The number of nitrogens with one attached hydrogen (secondary N) is 1. The van der Waals surface area contributed by atoms with E-state index in [1.54, 1.807) is 13.0 Å². The van der Waals surface area contributed by atoms with E-state index < -0.39 is 22.3 Å². The van der Waals surface area contributed by atoms with Crippen LogP contribution in [-0.2, 0) is 11.2 Å². The van der Waals surface area contributed by atoms with Gasteiger partial charge in [-0.3, -0.25) is 14.9 Å². The summed E-state index contributed by atoms with van der Waals surface area (Å²) in [6.07, 6.45) is 3.66. The maximum atomic E-state index is 12.4. The molecule has 1 aliphatic carbocycles. The second-order valence-electron chi connectivity index (χ2n) is 5.86. The van der Waals surface area contributed by atoms with Crippen molar-refractivity contribution in [2.24, 2.45) is 0 Å². The molecule has 7 nitrogen and oxygen atoms in total. The minimum Gasteiger partial charge on any atom is -0.480 e. The van der Waals surface area contributed by atoms with Crippen molar-refractivity contribution in [2.75, 3.05) is 0 Å². The quantitative estimate of drug-likeness (QED) is 0.640. The Kier molecular flexibility index (Phi) is 4.98. The summed E-state index contributed by atoms with van der Waals surface area (Å²) in [4.78, 5) is 34.6. The molecule has 1 amide bonds. The molecule has 0 aliphatic heterocycles. The summed E-state index contributed by atoms with van der Waals surface area (Å²) in [6, 6.07) is 4.26. The van der Waals surface area contributed by atoms with Crippen molar-refractivity contribution in [1.82, 2.24) is 5.32 Å². The topological polar surface area (TPSA) is 110 Å². The van der Waals surface area contributed by atoms with E-state index >= 15 is 0 Å². The number of benzene rings is 1. The molecular formula is C16H20N2O5. The lowest BCUT2D eigenvalue weighted by Gasteiger charge is -2.33. The van der Waals surface area contributed by atoms with Crippen LogP contribution < -0.4 is 5.32 Å². The van der Waals surface area contributed by atoms with Crippen LogP contribution in [0.3, 0.4) is 0 Å². The molecule has 1 fully saturated rings. The van der Waals surface area contributed by atoms with E-state index in [1.807, 2.05) is 0 Å². The molecule has 2 N–H and O–H groups in total. The third-order valence-corrected chi connectivity index (χ3v) is 4.39. The third kappa shape index (κ3) is 3.49. The molecule has 0 heterocycles. The number of nitro groups is 1. The Morgan fingerprint density at radius 2 is 1.96 bits per heavy atom. The number of hydrogen-bond donors (Lipinski definition) is 2. The number of aryl methyl sites for hydroxylation is 1. The fraction of sp³-hybridized carbons (Fsp3) is 0.500. The second kappa shape index (κ2) is 6.76. The van der Waals surface area contributed by atoms with Gasteiger partial charge in [-0.15, -0.1) is 0 Å². The van der Waals surface area contributed by atoms with E-state index in [4.69, 9.17) is 0 Å². The monoisotopic (exact) mass is 320 g/mol. The van der Waals surface area contributed by atoms with Crippen LogP contribution in [0, 0.1) is 10.1 Å². The van der Waals surface area contributed by atoms with Crippen molar-refractivity contribution in [2.45, 2.75) is 51.0 Å². The van der Waals surface area contributed by atoms with Gasteiger partial charge in [-0.25, -0.2) is 4.79 Å². The maximum Gasteiger partial charge on any atom is 0.329 e. The van der Waals surface area contributed by atoms with Gasteiger partial charge in [0.15, 0.2) is 0 Å². The lowest BCUT2D eigenvalue weighted by molar-refractivity contribution is -0.385. The van der Waals surface area contributed by atoms with Gasteiger partial charge in [-0.1, -0.05) is 32.3 Å². The largest absolute Gasteiger partial charge is 0.480 e. The van der Waals surface area contributed by atoms with Crippen LogP contribution in [0.1, 0.15) is 54.9 Å². The number of carboxylic acids is 1. The first kappa shape index (κ1) is 16.9. The highest BCUT2D eigenvalue weighted by molar-refractivity contribution is 5.98. The molecule has 23 heavy (non-hydrogen) atoms. The number of nitrogens with zero attached hydrogens (tertiary/aromatic N) is 1. The molecule has 1 aromatic carbocycles. The highest BCUT2D eigenvalue weighted by Gasteiger charge is 2.41. The average Bonchev–Trinajstić information content (AvgIpc) is 2.54. The SMILES string of the molecule is CCc1ccc(C(=O)NC2(C(=O)O)CCCCC2)cc1[N+](=O)[O-]. The molecule has 2 rings (SSSR count). The molecule has 0 unspecified atom stereocenters. The summed E-state index contributed by atoms with van der Waals surface area (Å²) >= 11 is 0. The second-order valence-corrected chi connectivity index (χ2v) is 5.86. The van der Waals surface area contributed by atoms with E-state index in [0.29, 0.717) is 24.8 Å². The molecule has 124 valence electrons. The third-order valence-electron chi connectivity index (χ3n) is 4.39. The molecule has 0 aromatic heterocycles. The first-order valence-electron chi connectivity index (χ1n) is 7.73. The van der Waals surface area contributed by atoms with Crippen molar-refractivity contribution in [1.29, 1.82) is 0 Å². The highest BCUT2D eigenvalue weighted by atomic mass is 16.6. The van der Waals surface area contributed by atoms with Gasteiger partial charge in [0.05, 0.1) is 4.92 Å². The van der Waals surface area contributed by atoms with E-state index in [9.17, 15) is 24.8 Å². The summed E-state index contributed by atoms with van der Waals surface area (Å²) in [5, 5.41) is 23.2. The summed E-state index contributed by atoms with van der Waals surface area (Å²) in [5.74, 6) is -1.63. The lowest BCUT2D eigenvalue weighted by Crippen LogP contribution is -2.55. The van der Waals surface area contributed by atoms with Gasteiger partial charge in [0.25, 0.3) is 11.6 Å². The Morgan fingerprint density at radius 1 is 1.30 bits per heavy atom. The number of carbonyl (C=O) groups excluding carboxylic acids is 1. The lowest BCUT2D eigenvalue weighted by atomic mass is 9.81. The number of hydrogen-bond acceptors (Lipinski definition) is 4. The average molecular weight is 320 g/mol. The number of carbonyl (C=O) groups is 2. The molecule has 0 radical (unpaired) electrons. The van der Waals surface area contributed by atoms with Gasteiger partial charge >= 0.3 is 5.97 Å². The van der Waals surface area contributed by atoms with Crippen LogP contribution in [0.15, 0.2) is 18.2 Å². The van der Waals surface area contributed by atoms with Crippen molar-refractivity contribution >= 4 is 17.6 Å². The fourth-order valence-corrected chi connectivity index (χ4v) is 3.01. The van der Waals surface area contributed by atoms with Crippen molar-refractivity contribution < 1.29 is 19.6 Å². The molecule has 1 saturated carbocycles. The van der Waals surface area contributed by atoms with Crippen molar-refractivity contribution in [3.8, 4) is 0 Å². The molecule has 0 saturated heterocycles. The van der Waals surface area contributed by atoms with E-state index in [-0.39, 0.29) is 11.3 Å². The number of amides is 1. The maximum absolute atomic E-state index is 12.4. The van der Waals surface area contributed by atoms with Crippen LogP contribution >= 0.6 is 0 Å². The highest BCUT2D eigenvalue weighted by Crippen LogP contribution is 2.29. The van der Waals surface area contributed by atoms with Gasteiger partial charge in [0.1, 0.15) is 5.54 Å². The Bertz CT molecular complexity index is 635. The zero-order valence-electron chi connectivity index (χ0n) is 13.0. The van der Waals surface area contributed by atoms with Crippen LogP contribution in [0.5, 0.6) is 0 Å². The van der Waals surface area contributed by atoms with Crippen LogP contribution in [0.4, 0.5) is 5.69 Å². The van der Waals surface area contributed by atoms with Gasteiger partial charge < -0.3 is 10.4 Å². The summed E-state index contributed by atoms with van der Waals surface area (Å²) in [7, 11) is 0. The zero-order chi connectivity index (χ0) is 17.0. The zero-order valence-corrected chi connectivity index (χ0v) is 13.0. The van der Waals surface area contributed by atoms with E-state index in [1.165, 1.54) is 12.1 Å². The predicted molar refractivity (Wildman–Crippen MR) is 83.4 cm³/mol. The molecule has 1 aromatic rings. The van der Waals surface area contributed by atoms with Crippen LogP contribution in [-0.4, -0.2) is 27.4 Å². The molecule has 1 aliphatic rings. The Morgan fingerprint density at radius 3 is 2.48 bits per heavy atom. The van der Waals surface area contributed by atoms with Gasteiger partial charge in [0.2, 0.25) is 0 Å². The molecule has 0 bridgehead atoms. The Hall–Kier alpha value is -2.44. The summed E-state index contributed by atoms with van der Waals surface area (Å²) in [6.45, 7) is 1.80. The van der Waals surface area contributed by atoms with E-state index in [2.05, 4.69) is 5.32 Å². The molecule has 7 heteroatoms. The van der Waals surface area contributed by atoms with Crippen LogP contribution in [0.25, 0.3) is 0 Å². The number of aliphatic carboxylic acids is 1. The predicted octanol–water partition coefficient (Wildman–Crippen LogP) is 2.67. The first-order valence-corrected chi connectivity index (χ1v) is 7.73. The standard InChI is InChI=1S/C16H20N2O5/c1-2-11-6-7-12(10-13(11)18(22)23)14(19)17-16(15(20)21)8-4-3-5-9-16/h6-7,10H,2-5,8-9H2,1H3,(H,17,19)(H,20,21). The van der Waals surface area contributed by atoms with Gasteiger partial charge in [0, 0.05) is 17.2 Å². The summed E-state index contributed by atoms with van der Waals surface area (Å²) in [5.41, 5.74) is -0.737. The summed E-state index contributed by atoms with van der Waals surface area (Å²) < 4.78 is 0. The molecular weight excluding hydrogens is 300 g/mol. The minimum absolute atomic E-state index is 0.111. The fourth-order valence-electron chi connectivity index (χ4n) is 3.01. The number of rotatable bonds is 5. The van der Waals surface area contributed by atoms with Gasteiger partial charge in [-0.05, 0) is 25.3 Å².